The van der Waals surface area contributed by atoms with Crippen LogP contribution in [-0.4, -0.2) is 43.8 Å². The normalized spacial score (nSPS) is 20.8. The average Bonchev–Trinajstić information content (AvgIpc) is 3.17. The van der Waals surface area contributed by atoms with E-state index in [4.69, 9.17) is 14.2 Å². The Morgan fingerprint density at radius 2 is 2.00 bits per heavy atom. The lowest BCUT2D eigenvalue weighted by atomic mass is 9.90. The van der Waals surface area contributed by atoms with E-state index in [0.29, 0.717) is 12.2 Å². The first-order chi connectivity index (χ1) is 12.1. The number of hydrogen-bond donors (Lipinski definition) is 0. The van der Waals surface area contributed by atoms with E-state index in [9.17, 15) is 9.59 Å². The highest BCUT2D eigenvalue weighted by Gasteiger charge is 2.22. The summed E-state index contributed by atoms with van der Waals surface area (Å²) in [7, 11) is 0. The van der Waals surface area contributed by atoms with Crippen LogP contribution in [0, 0.1) is 0 Å². The molecule has 1 aromatic carbocycles. The fraction of sp³-hybridized carbons (Fsp3) is 0.600. The molecule has 1 fully saturated rings. The smallest absolute Gasteiger partial charge is 0.335 e. The van der Waals surface area contributed by atoms with Crippen LogP contribution in [0.2, 0.25) is 0 Å². The maximum Gasteiger partial charge on any atom is 0.335 e. The van der Waals surface area contributed by atoms with Crippen LogP contribution in [0.5, 0.6) is 0 Å². The first-order valence-electron chi connectivity index (χ1n) is 9.18. The van der Waals surface area contributed by atoms with Crippen molar-refractivity contribution in [2.75, 3.05) is 19.8 Å². The second-order valence-electron chi connectivity index (χ2n) is 6.83. The molecule has 0 N–H and O–H groups in total. The predicted molar refractivity (Wildman–Crippen MR) is 92.8 cm³/mol. The number of carbonyl (C=O) groups is 2. The molecule has 0 bridgehead atoms. The zero-order valence-electron chi connectivity index (χ0n) is 14.8. The summed E-state index contributed by atoms with van der Waals surface area (Å²) >= 11 is 0. The quantitative estimate of drug-likeness (QED) is 0.561. The third-order valence-electron chi connectivity index (χ3n) is 4.90. The molecular formula is C20H26O5. The highest BCUT2D eigenvalue weighted by Crippen LogP contribution is 2.22. The van der Waals surface area contributed by atoms with Crippen LogP contribution in [0.15, 0.2) is 18.2 Å². The number of hydrogen-bond acceptors (Lipinski definition) is 5. The van der Waals surface area contributed by atoms with E-state index in [2.05, 4.69) is 0 Å². The fourth-order valence-corrected chi connectivity index (χ4v) is 3.34. The minimum atomic E-state index is -0.694. The van der Waals surface area contributed by atoms with Crippen LogP contribution in [0.1, 0.15) is 54.1 Å². The molecular weight excluding hydrogens is 320 g/mol. The molecule has 0 saturated carbocycles. The van der Waals surface area contributed by atoms with E-state index in [1.165, 1.54) is 24.0 Å². The number of benzene rings is 1. The molecule has 1 heterocycles. The molecule has 25 heavy (non-hydrogen) atoms. The largest absolute Gasteiger partial charge is 0.455 e. The number of carbonyl (C=O) groups excluding carboxylic acids is 2. The van der Waals surface area contributed by atoms with Gasteiger partial charge in [0.2, 0.25) is 0 Å². The maximum absolute atomic E-state index is 12.3. The fourth-order valence-electron chi connectivity index (χ4n) is 3.34. The average molecular weight is 346 g/mol. The first-order valence-corrected chi connectivity index (χ1v) is 9.18. The zero-order valence-corrected chi connectivity index (χ0v) is 14.8. The van der Waals surface area contributed by atoms with Gasteiger partial charge in [-0.05, 0) is 62.6 Å². The van der Waals surface area contributed by atoms with Crippen molar-refractivity contribution in [1.82, 2.24) is 0 Å². The lowest BCUT2D eigenvalue weighted by Crippen LogP contribution is -2.29. The third kappa shape index (κ3) is 4.89. The summed E-state index contributed by atoms with van der Waals surface area (Å²) in [4.78, 5) is 24.3. The first kappa shape index (κ1) is 18.1. The van der Waals surface area contributed by atoms with Gasteiger partial charge in [0, 0.05) is 12.2 Å². The molecule has 0 spiro atoms. The minimum absolute atomic E-state index is 0.0624. The molecule has 0 aromatic heterocycles. The maximum atomic E-state index is 12.3. The van der Waals surface area contributed by atoms with Gasteiger partial charge >= 0.3 is 5.97 Å². The molecule has 1 aromatic rings. The summed E-state index contributed by atoms with van der Waals surface area (Å²) in [6, 6.07) is 5.80. The van der Waals surface area contributed by atoms with Crippen LogP contribution < -0.4 is 0 Å². The van der Waals surface area contributed by atoms with E-state index < -0.39 is 12.1 Å². The molecule has 136 valence electrons. The Hall–Kier alpha value is -1.72. The van der Waals surface area contributed by atoms with Gasteiger partial charge in [-0.2, -0.15) is 0 Å². The predicted octanol–water partition coefficient (Wildman–Crippen LogP) is 2.88. The molecule has 5 nitrogen and oxygen atoms in total. The second kappa shape index (κ2) is 8.59. The Kier molecular flexibility index (Phi) is 6.21. The molecule has 0 amide bonds. The molecule has 2 aliphatic rings. The summed E-state index contributed by atoms with van der Waals surface area (Å²) in [6.07, 6.45) is 5.83. The van der Waals surface area contributed by atoms with Crippen molar-refractivity contribution < 1.29 is 23.8 Å². The molecule has 5 heteroatoms. The zero-order chi connectivity index (χ0) is 17.6. The third-order valence-corrected chi connectivity index (χ3v) is 4.90. The Labute approximate surface area is 148 Å². The summed E-state index contributed by atoms with van der Waals surface area (Å²) in [5.41, 5.74) is 3.19. The van der Waals surface area contributed by atoms with Gasteiger partial charge in [0.25, 0.3) is 0 Å². The standard InChI is InChI=1S/C20H26O5/c1-14(24-12-18-7-4-10-23-18)20(22)25-13-19(21)17-9-8-15-5-2-3-6-16(15)11-17/h8-9,11,14,18H,2-7,10,12-13H2,1H3. The van der Waals surface area contributed by atoms with Crippen LogP contribution in [-0.2, 0) is 31.8 Å². The summed E-state index contributed by atoms with van der Waals surface area (Å²) in [6.45, 7) is 2.53. The molecule has 2 unspecified atom stereocenters. The van der Waals surface area contributed by atoms with Gasteiger partial charge in [0.1, 0.15) is 0 Å². The molecule has 3 rings (SSSR count). The Morgan fingerprint density at radius 3 is 2.76 bits per heavy atom. The van der Waals surface area contributed by atoms with E-state index >= 15 is 0 Å². The van der Waals surface area contributed by atoms with Crippen LogP contribution in [0.4, 0.5) is 0 Å². The van der Waals surface area contributed by atoms with Gasteiger partial charge in [0.05, 0.1) is 12.7 Å². The Bertz CT molecular complexity index is 619. The van der Waals surface area contributed by atoms with Crippen molar-refractivity contribution in [2.24, 2.45) is 0 Å². The van der Waals surface area contributed by atoms with E-state index in [1.807, 2.05) is 18.2 Å². The number of fused-ring (bicyclic) bond motifs is 1. The monoisotopic (exact) mass is 346 g/mol. The lowest BCUT2D eigenvalue weighted by Gasteiger charge is -2.17. The van der Waals surface area contributed by atoms with Gasteiger partial charge in [-0.1, -0.05) is 12.1 Å². The molecule has 1 aliphatic heterocycles. The number of aryl methyl sites for hydroxylation is 2. The van der Waals surface area contributed by atoms with Crippen molar-refractivity contribution in [1.29, 1.82) is 0 Å². The summed E-state index contributed by atoms with van der Waals surface area (Å²) < 4.78 is 16.1. The molecule has 2 atom stereocenters. The highest BCUT2D eigenvalue weighted by atomic mass is 16.6. The summed E-state index contributed by atoms with van der Waals surface area (Å²) in [5.74, 6) is -0.683. The van der Waals surface area contributed by atoms with E-state index in [1.54, 1.807) is 6.92 Å². The van der Waals surface area contributed by atoms with Gasteiger partial charge in [-0.15, -0.1) is 0 Å². The van der Waals surface area contributed by atoms with Gasteiger partial charge < -0.3 is 14.2 Å². The van der Waals surface area contributed by atoms with Crippen LogP contribution in [0.3, 0.4) is 0 Å². The number of esters is 1. The van der Waals surface area contributed by atoms with Crippen LogP contribution in [0.25, 0.3) is 0 Å². The van der Waals surface area contributed by atoms with Crippen molar-refractivity contribution >= 4 is 11.8 Å². The van der Waals surface area contributed by atoms with Crippen molar-refractivity contribution in [3.63, 3.8) is 0 Å². The molecule has 0 radical (unpaired) electrons. The lowest BCUT2D eigenvalue weighted by molar-refractivity contribution is -0.156. The van der Waals surface area contributed by atoms with Gasteiger partial charge in [-0.3, -0.25) is 4.79 Å². The van der Waals surface area contributed by atoms with Crippen molar-refractivity contribution in [3.8, 4) is 0 Å². The number of ketones is 1. The number of rotatable bonds is 7. The van der Waals surface area contributed by atoms with Crippen molar-refractivity contribution in [2.45, 2.75) is 57.7 Å². The Morgan fingerprint density at radius 1 is 1.20 bits per heavy atom. The van der Waals surface area contributed by atoms with Crippen LogP contribution >= 0.6 is 0 Å². The van der Waals surface area contributed by atoms with E-state index in [-0.39, 0.29) is 18.5 Å². The molecule has 1 saturated heterocycles. The Balaban J connectivity index is 1.45. The van der Waals surface area contributed by atoms with Gasteiger partial charge in [0.15, 0.2) is 18.5 Å². The number of Topliss-reactive ketones (excluding diaryl/α,β-unsaturated/α-hetero) is 1. The minimum Gasteiger partial charge on any atom is -0.455 e. The SMILES string of the molecule is CC(OCC1CCCO1)C(=O)OCC(=O)c1ccc2c(c1)CCCC2. The van der Waals surface area contributed by atoms with Crippen molar-refractivity contribution in [3.05, 3.63) is 34.9 Å². The van der Waals surface area contributed by atoms with E-state index in [0.717, 1.165) is 32.3 Å². The molecule has 1 aliphatic carbocycles. The highest BCUT2D eigenvalue weighted by molar-refractivity contribution is 5.98. The van der Waals surface area contributed by atoms with Gasteiger partial charge in [-0.25, -0.2) is 4.79 Å². The topological polar surface area (TPSA) is 61.8 Å². The number of ether oxygens (including phenoxy) is 3. The summed E-state index contributed by atoms with van der Waals surface area (Å²) in [5, 5.41) is 0. The second-order valence-corrected chi connectivity index (χ2v) is 6.83.